The highest BCUT2D eigenvalue weighted by Gasteiger charge is 2.51. The number of pyridine rings is 1. The van der Waals surface area contributed by atoms with Gasteiger partial charge in [-0.1, -0.05) is 18.2 Å². The van der Waals surface area contributed by atoms with E-state index in [9.17, 15) is 14.7 Å². The summed E-state index contributed by atoms with van der Waals surface area (Å²) >= 11 is 1.48. The quantitative estimate of drug-likeness (QED) is 0.797. The minimum Gasteiger partial charge on any atom is -0.477 e. The predicted molar refractivity (Wildman–Crippen MR) is 79.0 cm³/mol. The van der Waals surface area contributed by atoms with Gasteiger partial charge in [0.15, 0.2) is 0 Å². The number of nitrogens with two attached hydrogens (primary N) is 1. The molecule has 3 N–H and O–H groups in total. The zero-order valence-corrected chi connectivity index (χ0v) is 11.8. The van der Waals surface area contributed by atoms with Crippen LogP contribution in [0.5, 0.6) is 0 Å². The molecule has 1 aromatic heterocycles. The lowest BCUT2D eigenvalue weighted by Crippen LogP contribution is -2.68. The number of nitrogens with zero attached hydrogens (tertiary/aromatic N) is 2. The van der Waals surface area contributed by atoms with Crippen molar-refractivity contribution in [1.29, 1.82) is 0 Å². The number of aliphatic carboxylic acids is 1. The second-order valence-electron chi connectivity index (χ2n) is 4.73. The van der Waals surface area contributed by atoms with Gasteiger partial charge in [-0.25, -0.2) is 4.79 Å². The number of allylic oxidation sites excluding steroid dienone is 1. The third-order valence-electron chi connectivity index (χ3n) is 3.40. The molecule has 3 heterocycles. The van der Waals surface area contributed by atoms with E-state index in [2.05, 4.69) is 4.98 Å². The maximum absolute atomic E-state index is 11.8. The van der Waals surface area contributed by atoms with E-state index >= 15 is 0 Å². The highest BCUT2D eigenvalue weighted by molar-refractivity contribution is 8.00. The summed E-state index contributed by atoms with van der Waals surface area (Å²) in [5.74, 6) is -0.927. The van der Waals surface area contributed by atoms with Crippen molar-refractivity contribution < 1.29 is 14.7 Å². The van der Waals surface area contributed by atoms with Crippen LogP contribution in [0.1, 0.15) is 5.56 Å². The Kier molecular flexibility index (Phi) is 3.52. The van der Waals surface area contributed by atoms with Crippen LogP contribution in [0.3, 0.4) is 0 Å². The third kappa shape index (κ3) is 2.34. The van der Waals surface area contributed by atoms with Crippen LogP contribution in [-0.4, -0.2) is 44.0 Å². The molecule has 2 atom stereocenters. The molecule has 1 fully saturated rings. The molecule has 1 amide bonds. The van der Waals surface area contributed by atoms with Gasteiger partial charge in [0.1, 0.15) is 17.1 Å². The van der Waals surface area contributed by atoms with Gasteiger partial charge in [0.25, 0.3) is 0 Å². The fraction of sp³-hybridized carbons (Fsp3) is 0.214. The third-order valence-corrected chi connectivity index (χ3v) is 4.73. The standard InChI is InChI=1S/C14H13N3O3S/c15-10-12(18)17-11(14(19)20)9(7-21-13(10)17)4-3-8-2-1-5-16-6-8/h1-6,10,13H,7,15H2,(H,19,20)/b4-3+/t10?,13-/m1/s1. The molecule has 7 heteroatoms. The van der Waals surface area contributed by atoms with Crippen LogP contribution in [0.4, 0.5) is 0 Å². The van der Waals surface area contributed by atoms with Crippen LogP contribution in [-0.2, 0) is 9.59 Å². The van der Waals surface area contributed by atoms with Crippen LogP contribution < -0.4 is 5.73 Å². The van der Waals surface area contributed by atoms with Crippen molar-refractivity contribution in [3.05, 3.63) is 47.4 Å². The molecule has 2 aliphatic rings. The Balaban J connectivity index is 1.93. The van der Waals surface area contributed by atoms with Crippen molar-refractivity contribution in [2.24, 2.45) is 5.73 Å². The lowest BCUT2D eigenvalue weighted by Gasteiger charge is -2.47. The van der Waals surface area contributed by atoms with E-state index in [1.165, 1.54) is 16.7 Å². The molecule has 0 spiro atoms. The average molecular weight is 303 g/mol. The van der Waals surface area contributed by atoms with E-state index < -0.39 is 12.0 Å². The van der Waals surface area contributed by atoms with Crippen LogP contribution in [0.2, 0.25) is 0 Å². The molecule has 108 valence electrons. The molecule has 1 saturated heterocycles. The molecule has 0 aromatic carbocycles. The second-order valence-corrected chi connectivity index (χ2v) is 5.84. The van der Waals surface area contributed by atoms with Gasteiger partial charge in [-0.15, -0.1) is 11.8 Å². The number of thioether (sulfide) groups is 1. The Labute approximate surface area is 125 Å². The molecule has 0 bridgehead atoms. The molecular weight excluding hydrogens is 290 g/mol. The van der Waals surface area contributed by atoms with Crippen molar-refractivity contribution >= 4 is 29.7 Å². The van der Waals surface area contributed by atoms with E-state index in [0.717, 1.165) is 5.56 Å². The Morgan fingerprint density at radius 1 is 1.52 bits per heavy atom. The van der Waals surface area contributed by atoms with E-state index in [4.69, 9.17) is 5.73 Å². The summed E-state index contributed by atoms with van der Waals surface area (Å²) in [5.41, 5.74) is 7.20. The number of hydrogen-bond donors (Lipinski definition) is 2. The SMILES string of the molecule is NC1C(=O)N2C(C(=O)O)=C(/C=C/c3cccnc3)CS[C@H]12. The first-order chi connectivity index (χ1) is 10.1. The minimum absolute atomic E-state index is 0.0330. The highest BCUT2D eigenvalue weighted by atomic mass is 32.2. The number of amides is 1. The van der Waals surface area contributed by atoms with E-state index in [1.54, 1.807) is 30.6 Å². The van der Waals surface area contributed by atoms with Crippen molar-refractivity contribution in [2.75, 3.05) is 5.75 Å². The van der Waals surface area contributed by atoms with Gasteiger partial charge >= 0.3 is 5.97 Å². The molecule has 1 aromatic rings. The first-order valence-electron chi connectivity index (χ1n) is 6.34. The summed E-state index contributed by atoms with van der Waals surface area (Å²) < 4.78 is 0. The van der Waals surface area contributed by atoms with Gasteiger partial charge in [-0.3, -0.25) is 14.7 Å². The van der Waals surface area contributed by atoms with Gasteiger partial charge in [-0.05, 0) is 17.2 Å². The first kappa shape index (κ1) is 13.8. The van der Waals surface area contributed by atoms with Crippen LogP contribution in [0.25, 0.3) is 6.08 Å². The number of carboxylic acids is 1. The number of fused-ring (bicyclic) bond motifs is 1. The highest BCUT2D eigenvalue weighted by Crippen LogP contribution is 2.39. The summed E-state index contributed by atoms with van der Waals surface area (Å²) in [6.45, 7) is 0. The number of carbonyl (C=O) groups is 2. The zero-order chi connectivity index (χ0) is 15.0. The fourth-order valence-corrected chi connectivity index (χ4v) is 3.60. The summed E-state index contributed by atoms with van der Waals surface area (Å²) in [5, 5.41) is 9.12. The molecule has 21 heavy (non-hydrogen) atoms. The van der Waals surface area contributed by atoms with Crippen molar-refractivity contribution in [3.63, 3.8) is 0 Å². The Morgan fingerprint density at radius 3 is 3.00 bits per heavy atom. The number of rotatable bonds is 3. The molecule has 3 rings (SSSR count). The number of carbonyl (C=O) groups excluding carboxylic acids is 1. The predicted octanol–water partition coefficient (Wildman–Crippen LogP) is 0.676. The second kappa shape index (κ2) is 5.34. The molecular formula is C14H13N3O3S. The van der Waals surface area contributed by atoms with E-state index in [1.807, 2.05) is 6.07 Å². The lowest BCUT2D eigenvalue weighted by atomic mass is 10.0. The molecule has 0 radical (unpaired) electrons. The summed E-state index contributed by atoms with van der Waals surface area (Å²) in [4.78, 5) is 28.5. The smallest absolute Gasteiger partial charge is 0.352 e. The molecule has 0 aliphatic carbocycles. The fourth-order valence-electron chi connectivity index (χ4n) is 2.34. The van der Waals surface area contributed by atoms with Crippen molar-refractivity contribution in [2.45, 2.75) is 11.4 Å². The number of β-lactam (4-membered cyclic amide) rings is 1. The lowest BCUT2D eigenvalue weighted by molar-refractivity contribution is -0.147. The topological polar surface area (TPSA) is 96.5 Å². The summed E-state index contributed by atoms with van der Waals surface area (Å²) in [6.07, 6.45) is 6.86. The Bertz CT molecular complexity index is 657. The number of carboxylic acid groups (broad SMARTS) is 1. The van der Waals surface area contributed by atoms with Gasteiger partial charge in [0.05, 0.1) is 0 Å². The van der Waals surface area contributed by atoms with Gasteiger partial charge in [0.2, 0.25) is 5.91 Å². The van der Waals surface area contributed by atoms with E-state index in [0.29, 0.717) is 11.3 Å². The maximum atomic E-state index is 11.8. The summed E-state index contributed by atoms with van der Waals surface area (Å²) in [6, 6.07) is 3.07. The van der Waals surface area contributed by atoms with E-state index in [-0.39, 0.29) is 17.0 Å². The number of aromatic nitrogens is 1. The molecule has 6 nitrogen and oxygen atoms in total. The minimum atomic E-state index is -1.11. The zero-order valence-electron chi connectivity index (χ0n) is 11.0. The van der Waals surface area contributed by atoms with Crippen molar-refractivity contribution in [3.8, 4) is 0 Å². The number of hydrogen-bond acceptors (Lipinski definition) is 5. The average Bonchev–Trinajstić information content (AvgIpc) is 2.52. The molecule has 0 saturated carbocycles. The molecule has 2 aliphatic heterocycles. The Hall–Kier alpha value is -2.12. The van der Waals surface area contributed by atoms with Gasteiger partial charge < -0.3 is 10.8 Å². The summed E-state index contributed by atoms with van der Waals surface area (Å²) in [7, 11) is 0. The van der Waals surface area contributed by atoms with Crippen LogP contribution in [0, 0.1) is 0 Å². The van der Waals surface area contributed by atoms with Crippen molar-refractivity contribution in [1.82, 2.24) is 9.88 Å². The maximum Gasteiger partial charge on any atom is 0.352 e. The normalized spacial score (nSPS) is 25.0. The van der Waals surface area contributed by atoms with Gasteiger partial charge in [-0.2, -0.15) is 0 Å². The monoisotopic (exact) mass is 303 g/mol. The molecule has 1 unspecified atom stereocenters. The van der Waals surface area contributed by atoms with Gasteiger partial charge in [0, 0.05) is 18.1 Å². The Morgan fingerprint density at radius 2 is 2.33 bits per heavy atom. The van der Waals surface area contributed by atoms with Crippen LogP contribution >= 0.6 is 11.8 Å². The first-order valence-corrected chi connectivity index (χ1v) is 7.39. The largest absolute Gasteiger partial charge is 0.477 e. The van der Waals surface area contributed by atoms with Crippen LogP contribution in [0.15, 0.2) is 41.9 Å².